The molecule has 1 heterocycles. The van der Waals surface area contributed by atoms with Gasteiger partial charge in [0.1, 0.15) is 11.7 Å². The summed E-state index contributed by atoms with van der Waals surface area (Å²) in [4.78, 5) is 32.6. The highest BCUT2D eigenvalue weighted by atomic mass is 16.6. The van der Waals surface area contributed by atoms with Crippen LogP contribution in [0.25, 0.3) is 0 Å². The van der Waals surface area contributed by atoms with Crippen molar-refractivity contribution in [1.29, 1.82) is 0 Å². The number of carbonyl (C=O) groups is 2. The minimum atomic E-state index is -1.24. The molecule has 1 unspecified atom stereocenters. The van der Waals surface area contributed by atoms with Crippen LogP contribution in [0, 0.1) is 10.1 Å². The zero-order valence-corrected chi connectivity index (χ0v) is 10.5. The van der Waals surface area contributed by atoms with Crippen molar-refractivity contribution >= 4 is 17.6 Å². The number of aromatic nitrogens is 2. The highest BCUT2D eigenvalue weighted by Gasteiger charge is 2.30. The number of aryl methyl sites for hydroxylation is 1. The fraction of sp³-hybridized carbons (Fsp3) is 0.500. The van der Waals surface area contributed by atoms with Crippen LogP contribution >= 0.6 is 0 Å². The van der Waals surface area contributed by atoms with Gasteiger partial charge in [-0.3, -0.25) is 24.8 Å². The van der Waals surface area contributed by atoms with Crippen molar-refractivity contribution in [1.82, 2.24) is 15.5 Å². The van der Waals surface area contributed by atoms with Gasteiger partial charge in [-0.1, -0.05) is 13.3 Å². The van der Waals surface area contributed by atoms with Crippen LogP contribution in [0.3, 0.4) is 0 Å². The second kappa shape index (κ2) is 5.94. The maximum atomic E-state index is 11.7. The molecular weight excluding hydrogens is 256 g/mol. The lowest BCUT2D eigenvalue weighted by molar-refractivity contribution is -0.385. The van der Waals surface area contributed by atoms with Gasteiger partial charge >= 0.3 is 11.7 Å². The number of aliphatic carboxylic acids is 1. The Morgan fingerprint density at radius 3 is 2.68 bits per heavy atom. The van der Waals surface area contributed by atoms with E-state index < -0.39 is 34.2 Å². The van der Waals surface area contributed by atoms with E-state index in [2.05, 4.69) is 15.5 Å². The number of aromatic amines is 1. The lowest BCUT2D eigenvalue weighted by Gasteiger charge is -2.06. The quantitative estimate of drug-likeness (QED) is 0.507. The first-order chi connectivity index (χ1) is 8.88. The number of carboxylic acid groups (broad SMARTS) is 1. The number of carboxylic acids is 1. The van der Waals surface area contributed by atoms with Crippen LogP contribution in [-0.4, -0.2) is 38.1 Å². The molecule has 9 heteroatoms. The molecule has 1 amide bonds. The van der Waals surface area contributed by atoms with Gasteiger partial charge in [-0.2, -0.15) is 5.10 Å². The summed E-state index contributed by atoms with van der Waals surface area (Å²) in [5, 5.41) is 27.8. The third-order valence-electron chi connectivity index (χ3n) is 2.43. The Morgan fingerprint density at radius 2 is 2.21 bits per heavy atom. The van der Waals surface area contributed by atoms with Crippen LogP contribution in [-0.2, 0) is 11.2 Å². The predicted molar refractivity (Wildman–Crippen MR) is 63.8 cm³/mol. The van der Waals surface area contributed by atoms with Crippen molar-refractivity contribution in [2.45, 2.75) is 32.7 Å². The van der Waals surface area contributed by atoms with Crippen LogP contribution in [0.2, 0.25) is 0 Å². The van der Waals surface area contributed by atoms with Gasteiger partial charge in [-0.25, -0.2) is 0 Å². The summed E-state index contributed by atoms with van der Waals surface area (Å²) in [5.74, 6) is -2.12. The molecule has 1 aromatic heterocycles. The number of nitro groups is 1. The Hall–Kier alpha value is -2.45. The van der Waals surface area contributed by atoms with Crippen molar-refractivity contribution in [2.75, 3.05) is 0 Å². The summed E-state index contributed by atoms with van der Waals surface area (Å²) in [6, 6.07) is -1.15. The molecule has 3 N–H and O–H groups in total. The van der Waals surface area contributed by atoms with Gasteiger partial charge in [0.15, 0.2) is 0 Å². The van der Waals surface area contributed by atoms with Gasteiger partial charge in [0, 0.05) is 0 Å². The molecule has 0 spiro atoms. The third-order valence-corrected chi connectivity index (χ3v) is 2.43. The second-order valence-electron chi connectivity index (χ2n) is 3.94. The molecule has 0 radical (unpaired) electrons. The molecule has 0 aliphatic heterocycles. The normalized spacial score (nSPS) is 11.9. The number of hydrogen-bond donors (Lipinski definition) is 3. The van der Waals surface area contributed by atoms with E-state index in [1.807, 2.05) is 6.92 Å². The first-order valence-electron chi connectivity index (χ1n) is 5.63. The molecule has 1 rings (SSSR count). The zero-order valence-electron chi connectivity index (χ0n) is 10.5. The smallest absolute Gasteiger partial charge is 0.325 e. The predicted octanol–water partition coefficient (Wildman–Crippen LogP) is 0.473. The van der Waals surface area contributed by atoms with E-state index in [0.29, 0.717) is 12.8 Å². The number of carbonyl (C=O) groups excluding carboxylic acids is 1. The highest BCUT2D eigenvalue weighted by molar-refractivity contribution is 5.98. The van der Waals surface area contributed by atoms with E-state index in [1.165, 1.54) is 6.92 Å². The van der Waals surface area contributed by atoms with Crippen molar-refractivity contribution < 1.29 is 19.6 Å². The molecule has 0 fully saturated rings. The van der Waals surface area contributed by atoms with Crippen LogP contribution in [0.1, 0.15) is 36.5 Å². The third kappa shape index (κ3) is 3.27. The number of nitrogens with zero attached hydrogens (tertiary/aromatic N) is 2. The summed E-state index contributed by atoms with van der Waals surface area (Å²) in [7, 11) is 0. The number of nitrogens with one attached hydrogen (secondary N) is 2. The Labute approximate surface area is 108 Å². The molecular formula is C10H14N4O5. The highest BCUT2D eigenvalue weighted by Crippen LogP contribution is 2.22. The summed E-state index contributed by atoms with van der Waals surface area (Å²) in [5.41, 5.74) is -0.556. The summed E-state index contributed by atoms with van der Waals surface area (Å²) >= 11 is 0. The van der Waals surface area contributed by atoms with Gasteiger partial charge in [-0.05, 0) is 13.3 Å². The average Bonchev–Trinajstić information content (AvgIpc) is 2.73. The van der Waals surface area contributed by atoms with Crippen LogP contribution in [0.5, 0.6) is 0 Å². The van der Waals surface area contributed by atoms with Crippen molar-refractivity contribution in [3.05, 3.63) is 21.5 Å². The van der Waals surface area contributed by atoms with Crippen LogP contribution in [0.4, 0.5) is 5.69 Å². The van der Waals surface area contributed by atoms with E-state index in [-0.39, 0.29) is 5.69 Å². The topological polar surface area (TPSA) is 138 Å². The molecule has 0 saturated heterocycles. The molecule has 9 nitrogen and oxygen atoms in total. The number of hydrogen-bond acceptors (Lipinski definition) is 5. The van der Waals surface area contributed by atoms with Crippen molar-refractivity contribution in [3.8, 4) is 0 Å². The number of rotatable bonds is 6. The van der Waals surface area contributed by atoms with E-state index in [1.54, 1.807) is 0 Å². The van der Waals surface area contributed by atoms with E-state index in [9.17, 15) is 19.7 Å². The Balaban J connectivity index is 3.03. The Bertz CT molecular complexity index is 510. The SMILES string of the molecule is CCCc1[nH]nc(C(=O)NC(C)C(=O)O)c1[N+](=O)[O-]. The van der Waals surface area contributed by atoms with Crippen molar-refractivity contribution in [2.24, 2.45) is 0 Å². The fourth-order valence-electron chi connectivity index (χ4n) is 1.48. The van der Waals surface area contributed by atoms with Gasteiger partial charge in [0.2, 0.25) is 5.69 Å². The van der Waals surface area contributed by atoms with Gasteiger partial charge in [0.05, 0.1) is 4.92 Å². The second-order valence-corrected chi connectivity index (χ2v) is 3.94. The van der Waals surface area contributed by atoms with Crippen LogP contribution < -0.4 is 5.32 Å². The number of H-pyrrole nitrogens is 1. The molecule has 0 aliphatic rings. The monoisotopic (exact) mass is 270 g/mol. The minimum absolute atomic E-state index is 0.251. The molecule has 0 aliphatic carbocycles. The first kappa shape index (κ1) is 14.6. The number of amides is 1. The van der Waals surface area contributed by atoms with Gasteiger partial charge in [-0.15, -0.1) is 0 Å². The fourth-order valence-corrected chi connectivity index (χ4v) is 1.48. The van der Waals surface area contributed by atoms with Crippen molar-refractivity contribution in [3.63, 3.8) is 0 Å². The molecule has 0 aromatic carbocycles. The van der Waals surface area contributed by atoms with E-state index in [0.717, 1.165) is 0 Å². The lowest BCUT2D eigenvalue weighted by atomic mass is 10.2. The van der Waals surface area contributed by atoms with Gasteiger partial charge in [0.25, 0.3) is 5.91 Å². The summed E-state index contributed by atoms with van der Waals surface area (Å²) in [6.07, 6.45) is 1.03. The largest absolute Gasteiger partial charge is 0.480 e. The average molecular weight is 270 g/mol. The first-order valence-corrected chi connectivity index (χ1v) is 5.63. The Morgan fingerprint density at radius 1 is 1.58 bits per heavy atom. The maximum absolute atomic E-state index is 11.7. The summed E-state index contributed by atoms with van der Waals surface area (Å²) in [6.45, 7) is 3.09. The standard InChI is InChI=1S/C10H14N4O5/c1-3-4-6-8(14(18)19)7(13-12-6)9(15)11-5(2)10(16)17/h5H,3-4H2,1-2H3,(H,11,15)(H,12,13)(H,16,17). The molecule has 104 valence electrons. The van der Waals surface area contributed by atoms with E-state index in [4.69, 9.17) is 5.11 Å². The van der Waals surface area contributed by atoms with E-state index >= 15 is 0 Å². The van der Waals surface area contributed by atoms with Gasteiger partial charge < -0.3 is 10.4 Å². The lowest BCUT2D eigenvalue weighted by Crippen LogP contribution is -2.38. The zero-order chi connectivity index (χ0) is 14.6. The molecule has 1 aromatic rings. The maximum Gasteiger partial charge on any atom is 0.325 e. The summed E-state index contributed by atoms with van der Waals surface area (Å²) < 4.78 is 0. The Kier molecular flexibility index (Phi) is 4.56. The van der Waals surface area contributed by atoms with Crippen LogP contribution in [0.15, 0.2) is 0 Å². The molecule has 1 atom stereocenters. The molecule has 0 bridgehead atoms. The minimum Gasteiger partial charge on any atom is -0.480 e. The molecule has 0 saturated carbocycles. The molecule has 19 heavy (non-hydrogen) atoms.